The van der Waals surface area contributed by atoms with E-state index in [9.17, 15) is 9.90 Å². The maximum atomic E-state index is 12.3. The minimum Gasteiger partial charge on any atom is -0.455 e. The van der Waals surface area contributed by atoms with E-state index in [0.29, 0.717) is 6.61 Å². The molecule has 0 spiro atoms. The molecule has 0 saturated carbocycles. The number of ether oxygens (including phenoxy) is 2. The van der Waals surface area contributed by atoms with Crippen molar-refractivity contribution in [3.63, 3.8) is 0 Å². The zero-order valence-corrected chi connectivity index (χ0v) is 16.2. The maximum Gasteiger partial charge on any atom is 0.359 e. The van der Waals surface area contributed by atoms with Gasteiger partial charge in [-0.2, -0.15) is 5.10 Å². The highest BCUT2D eigenvalue weighted by Gasteiger charge is 2.25. The van der Waals surface area contributed by atoms with Gasteiger partial charge in [-0.3, -0.25) is 0 Å². The molecule has 0 aliphatic heterocycles. The summed E-state index contributed by atoms with van der Waals surface area (Å²) in [5, 5.41) is 14.0. The van der Waals surface area contributed by atoms with Crippen LogP contribution >= 0.6 is 0 Å². The molecule has 0 unspecified atom stereocenters. The number of rotatable bonds is 7. The third-order valence-corrected chi connectivity index (χ3v) is 4.80. The van der Waals surface area contributed by atoms with Crippen molar-refractivity contribution in [3.05, 3.63) is 17.0 Å². The van der Waals surface area contributed by atoms with Crippen LogP contribution in [-0.2, 0) is 22.8 Å². The molecule has 1 aromatic heterocycles. The Hall–Kier alpha value is -1.18. The Morgan fingerprint density at radius 1 is 1.39 bits per heavy atom. The third-order valence-electron chi connectivity index (χ3n) is 3.10. The summed E-state index contributed by atoms with van der Waals surface area (Å²) in [5.41, 5.74) is -0.562. The van der Waals surface area contributed by atoms with Gasteiger partial charge in [0.1, 0.15) is 12.3 Å². The van der Waals surface area contributed by atoms with Crippen molar-refractivity contribution < 1.29 is 22.1 Å². The molecule has 1 heterocycles. The van der Waals surface area contributed by atoms with Crippen molar-refractivity contribution in [1.29, 1.82) is 0 Å². The van der Waals surface area contributed by atoms with Crippen LogP contribution in [0.25, 0.3) is 0 Å². The lowest BCUT2D eigenvalue weighted by molar-refractivity contribution is 0.00588. The zero-order valence-electron chi connectivity index (χ0n) is 17.2. The van der Waals surface area contributed by atoms with Crippen LogP contribution in [0.1, 0.15) is 45.3 Å². The van der Waals surface area contributed by atoms with Crippen molar-refractivity contribution in [2.24, 2.45) is 0 Å². The topological polar surface area (TPSA) is 73.6 Å². The van der Waals surface area contributed by atoms with Gasteiger partial charge in [-0.25, -0.2) is 9.48 Å². The Kier molecular flexibility index (Phi) is 5.50. The Morgan fingerprint density at radius 2 is 2.00 bits per heavy atom. The minimum atomic E-state index is -2.64. The Bertz CT molecular complexity index is 613. The van der Waals surface area contributed by atoms with Crippen molar-refractivity contribution in [2.75, 3.05) is 6.61 Å². The monoisotopic (exact) mass is 344 g/mol. The molecule has 0 fully saturated rings. The van der Waals surface area contributed by atoms with E-state index in [1.54, 1.807) is 20.8 Å². The second-order valence-corrected chi connectivity index (χ2v) is 13.4. The van der Waals surface area contributed by atoms with Crippen LogP contribution in [0.2, 0.25) is 25.7 Å². The smallest absolute Gasteiger partial charge is 0.359 e. The van der Waals surface area contributed by atoms with Crippen LogP contribution in [0.3, 0.4) is 0 Å². The van der Waals surface area contributed by atoms with Gasteiger partial charge in [-0.05, 0) is 33.7 Å². The van der Waals surface area contributed by atoms with Gasteiger partial charge in [-0.15, -0.1) is 0 Å². The molecule has 1 N–H and O–H groups in total. The number of aromatic nitrogens is 2. The van der Waals surface area contributed by atoms with Gasteiger partial charge in [0.2, 0.25) is 0 Å². The fourth-order valence-corrected chi connectivity index (χ4v) is 2.59. The average molecular weight is 345 g/mol. The Morgan fingerprint density at radius 3 is 2.48 bits per heavy atom. The number of aliphatic hydroxyl groups is 1. The first-order valence-electron chi connectivity index (χ1n) is 8.73. The molecule has 0 aliphatic carbocycles. The SMILES string of the molecule is [2H]C([2H])(O)c1c(C)c(C(=O)OC(C)(C)C)nn1COCC[Si](C)(C)C. The quantitative estimate of drug-likeness (QED) is 0.468. The molecule has 0 saturated heterocycles. The van der Waals surface area contributed by atoms with E-state index in [-0.39, 0.29) is 23.7 Å². The molecule has 0 aromatic carbocycles. The number of esters is 1. The first-order valence-corrected chi connectivity index (χ1v) is 11.4. The number of carbonyl (C=O) groups excluding carboxylic acids is 1. The Labute approximate surface area is 142 Å². The van der Waals surface area contributed by atoms with Gasteiger partial charge in [0.15, 0.2) is 5.69 Å². The lowest BCUT2D eigenvalue weighted by Crippen LogP contribution is -2.24. The fraction of sp³-hybridized carbons (Fsp3) is 0.750. The highest BCUT2D eigenvalue weighted by atomic mass is 28.3. The number of nitrogens with zero attached hydrogens (tertiary/aromatic N) is 2. The van der Waals surface area contributed by atoms with E-state index in [2.05, 4.69) is 24.7 Å². The predicted octanol–water partition coefficient (Wildman–Crippen LogP) is 2.95. The molecule has 1 rings (SSSR count). The molecule has 0 atom stereocenters. The van der Waals surface area contributed by atoms with Crippen LogP contribution in [0, 0.1) is 6.92 Å². The molecule has 132 valence electrons. The summed E-state index contributed by atoms with van der Waals surface area (Å²) in [6, 6.07) is 0.952. The molecule has 1 aromatic rings. The van der Waals surface area contributed by atoms with Crippen molar-refractivity contribution in [2.45, 2.75) is 72.3 Å². The van der Waals surface area contributed by atoms with E-state index in [4.69, 9.17) is 12.2 Å². The van der Waals surface area contributed by atoms with Crippen LogP contribution in [-0.4, -0.2) is 41.1 Å². The van der Waals surface area contributed by atoms with Crippen molar-refractivity contribution in [1.82, 2.24) is 9.78 Å². The van der Waals surface area contributed by atoms with Crippen LogP contribution in [0.4, 0.5) is 0 Å². The second-order valence-electron chi connectivity index (χ2n) is 7.78. The van der Waals surface area contributed by atoms with Gasteiger partial charge < -0.3 is 14.6 Å². The van der Waals surface area contributed by atoms with E-state index in [1.165, 1.54) is 11.6 Å². The zero-order chi connectivity index (χ0) is 19.6. The molecule has 0 bridgehead atoms. The average Bonchev–Trinajstić information content (AvgIpc) is 2.68. The van der Waals surface area contributed by atoms with Gasteiger partial charge in [0.05, 0.1) is 15.0 Å². The molecule has 0 amide bonds. The summed E-state index contributed by atoms with van der Waals surface area (Å²) in [4.78, 5) is 12.3. The second kappa shape index (κ2) is 7.59. The molecule has 0 aliphatic rings. The lowest BCUT2D eigenvalue weighted by Gasteiger charge is -2.18. The first-order chi connectivity index (χ1) is 11.1. The normalized spacial score (nSPS) is 14.4. The summed E-state index contributed by atoms with van der Waals surface area (Å²) in [6.45, 7) is 11.3. The molecular formula is C16H30N2O4Si. The van der Waals surface area contributed by atoms with Crippen molar-refractivity contribution in [3.8, 4) is 0 Å². The summed E-state index contributed by atoms with van der Waals surface area (Å²) in [7, 11) is -1.25. The number of hydrogen-bond donors (Lipinski definition) is 1. The summed E-state index contributed by atoms with van der Waals surface area (Å²) in [6.07, 6.45) is 0. The summed E-state index contributed by atoms with van der Waals surface area (Å²) >= 11 is 0. The van der Waals surface area contributed by atoms with Crippen LogP contribution in [0.15, 0.2) is 0 Å². The molecular weight excluding hydrogens is 312 g/mol. The lowest BCUT2D eigenvalue weighted by atomic mass is 10.1. The number of hydrogen-bond acceptors (Lipinski definition) is 5. The summed E-state index contributed by atoms with van der Waals surface area (Å²) < 4.78 is 27.3. The van der Waals surface area contributed by atoms with Crippen LogP contribution in [0.5, 0.6) is 0 Å². The fourth-order valence-electron chi connectivity index (χ4n) is 1.84. The van der Waals surface area contributed by atoms with Gasteiger partial charge >= 0.3 is 5.97 Å². The third kappa shape index (κ3) is 6.45. The van der Waals surface area contributed by atoms with E-state index in [1.807, 2.05) is 0 Å². The van der Waals surface area contributed by atoms with E-state index >= 15 is 0 Å². The number of carbonyl (C=O) groups is 1. The van der Waals surface area contributed by atoms with E-state index < -0.39 is 26.2 Å². The maximum absolute atomic E-state index is 12.3. The predicted molar refractivity (Wildman–Crippen MR) is 92.2 cm³/mol. The minimum absolute atomic E-state index is 0.0170. The molecule has 7 heteroatoms. The standard InChI is InChI=1S/C16H30N2O4Si/c1-12-13(10-19)18(11-21-8-9-23(5,6)7)17-14(12)15(20)22-16(2,3)4/h19H,8-11H2,1-7H3/i10D2. The largest absolute Gasteiger partial charge is 0.455 e. The van der Waals surface area contributed by atoms with Crippen molar-refractivity contribution >= 4 is 14.0 Å². The molecule has 0 radical (unpaired) electrons. The van der Waals surface area contributed by atoms with E-state index in [0.717, 1.165) is 6.04 Å². The van der Waals surface area contributed by atoms with Gasteiger partial charge in [0.25, 0.3) is 0 Å². The highest BCUT2D eigenvalue weighted by molar-refractivity contribution is 6.76. The van der Waals surface area contributed by atoms with Gasteiger partial charge in [0, 0.05) is 20.2 Å². The summed E-state index contributed by atoms with van der Waals surface area (Å²) in [5.74, 6) is -0.656. The Balaban J connectivity index is 3.04. The van der Waals surface area contributed by atoms with Crippen LogP contribution < -0.4 is 0 Å². The first kappa shape index (κ1) is 16.7. The molecule has 23 heavy (non-hydrogen) atoms. The highest BCUT2D eigenvalue weighted by Crippen LogP contribution is 2.18. The van der Waals surface area contributed by atoms with Gasteiger partial charge in [-0.1, -0.05) is 19.6 Å². The molecule has 6 nitrogen and oxygen atoms in total.